The van der Waals surface area contributed by atoms with Gasteiger partial charge in [0.2, 0.25) is 0 Å². The lowest BCUT2D eigenvalue weighted by atomic mass is 10.1. The number of pyridine rings is 1. The van der Waals surface area contributed by atoms with Crippen molar-refractivity contribution in [3.05, 3.63) is 30.0 Å². The Morgan fingerprint density at radius 3 is 3.06 bits per heavy atom. The summed E-state index contributed by atoms with van der Waals surface area (Å²) in [4.78, 5) is 6.54. The number of hydrogen-bond acceptors (Lipinski definition) is 4. The van der Waals surface area contributed by atoms with Crippen LogP contribution in [0.5, 0.6) is 0 Å². The summed E-state index contributed by atoms with van der Waals surface area (Å²) in [5.41, 5.74) is 7.86. The Bertz CT molecular complexity index is 390. The summed E-state index contributed by atoms with van der Waals surface area (Å²) < 4.78 is 5.12. The zero-order chi connectivity index (χ0) is 11.4. The van der Waals surface area contributed by atoms with Gasteiger partial charge < -0.3 is 15.4 Å². The van der Waals surface area contributed by atoms with E-state index in [0.29, 0.717) is 0 Å². The standard InChI is InChI=1S/C12H17N3O/c1-16-9-10-3-6-15(7-4-10)12-8-11(13)2-5-14-12/h2-3,5,8H,4,6-7,9H2,1H3,(H2,13,14). The van der Waals surface area contributed by atoms with Crippen molar-refractivity contribution in [3.63, 3.8) is 0 Å². The van der Waals surface area contributed by atoms with E-state index in [1.54, 1.807) is 19.4 Å². The Kier molecular flexibility index (Phi) is 3.41. The molecule has 4 nitrogen and oxygen atoms in total. The molecule has 0 unspecified atom stereocenters. The summed E-state index contributed by atoms with van der Waals surface area (Å²) in [6.45, 7) is 2.60. The van der Waals surface area contributed by atoms with E-state index in [0.717, 1.165) is 37.6 Å². The van der Waals surface area contributed by atoms with Gasteiger partial charge in [-0.3, -0.25) is 0 Å². The molecular weight excluding hydrogens is 202 g/mol. The molecule has 2 N–H and O–H groups in total. The maximum atomic E-state index is 5.74. The molecule has 0 saturated heterocycles. The van der Waals surface area contributed by atoms with Crippen molar-refractivity contribution >= 4 is 11.5 Å². The summed E-state index contributed by atoms with van der Waals surface area (Å²) in [6.07, 6.45) is 4.99. The molecule has 0 aromatic carbocycles. The van der Waals surface area contributed by atoms with Crippen LogP contribution < -0.4 is 10.6 Å². The Balaban J connectivity index is 2.04. The fourth-order valence-electron chi connectivity index (χ4n) is 1.84. The predicted molar refractivity (Wildman–Crippen MR) is 65.4 cm³/mol. The normalized spacial score (nSPS) is 16.1. The number of methoxy groups -OCH3 is 1. The summed E-state index contributed by atoms with van der Waals surface area (Å²) in [7, 11) is 1.73. The van der Waals surface area contributed by atoms with Crippen LogP contribution in [0.15, 0.2) is 30.0 Å². The van der Waals surface area contributed by atoms with Gasteiger partial charge in [0.05, 0.1) is 6.61 Å². The molecular formula is C12H17N3O. The first kappa shape index (κ1) is 11.0. The quantitative estimate of drug-likeness (QED) is 0.782. The Hall–Kier alpha value is -1.55. The molecule has 16 heavy (non-hydrogen) atoms. The Labute approximate surface area is 95.7 Å². The maximum absolute atomic E-state index is 5.74. The first-order valence-electron chi connectivity index (χ1n) is 5.43. The number of nitrogens with zero attached hydrogens (tertiary/aromatic N) is 2. The third-order valence-corrected chi connectivity index (χ3v) is 2.73. The second-order valence-corrected chi connectivity index (χ2v) is 3.94. The minimum absolute atomic E-state index is 0.734. The molecule has 0 saturated carbocycles. The van der Waals surface area contributed by atoms with Gasteiger partial charge in [-0.2, -0.15) is 0 Å². The highest BCUT2D eigenvalue weighted by Crippen LogP contribution is 2.19. The molecule has 0 spiro atoms. The van der Waals surface area contributed by atoms with E-state index in [9.17, 15) is 0 Å². The first-order valence-corrected chi connectivity index (χ1v) is 5.43. The number of aromatic nitrogens is 1. The highest BCUT2D eigenvalue weighted by atomic mass is 16.5. The van der Waals surface area contributed by atoms with E-state index >= 15 is 0 Å². The predicted octanol–water partition coefficient (Wildman–Crippen LogP) is 1.45. The number of hydrogen-bond donors (Lipinski definition) is 1. The van der Waals surface area contributed by atoms with Crippen molar-refractivity contribution < 1.29 is 4.74 Å². The number of rotatable bonds is 3. The molecule has 2 rings (SSSR count). The summed E-state index contributed by atoms with van der Waals surface area (Å²) in [5.74, 6) is 0.952. The van der Waals surface area contributed by atoms with E-state index in [1.165, 1.54) is 5.57 Å². The van der Waals surface area contributed by atoms with E-state index in [1.807, 2.05) is 6.07 Å². The van der Waals surface area contributed by atoms with Crippen LogP contribution in [-0.4, -0.2) is 31.8 Å². The third kappa shape index (κ3) is 2.52. The van der Waals surface area contributed by atoms with Crippen molar-refractivity contribution in [2.75, 3.05) is 37.4 Å². The van der Waals surface area contributed by atoms with Crippen LogP contribution in [-0.2, 0) is 4.74 Å². The average Bonchev–Trinajstić information content (AvgIpc) is 2.30. The topological polar surface area (TPSA) is 51.4 Å². The summed E-state index contributed by atoms with van der Waals surface area (Å²) in [5, 5.41) is 0. The lowest BCUT2D eigenvalue weighted by Crippen LogP contribution is -2.30. The molecule has 0 amide bonds. The minimum Gasteiger partial charge on any atom is -0.399 e. The number of nitrogens with two attached hydrogens (primary N) is 1. The van der Waals surface area contributed by atoms with E-state index in [4.69, 9.17) is 10.5 Å². The molecule has 0 atom stereocenters. The fourth-order valence-corrected chi connectivity index (χ4v) is 1.84. The molecule has 1 aliphatic heterocycles. The van der Waals surface area contributed by atoms with E-state index in [-0.39, 0.29) is 0 Å². The molecule has 0 fully saturated rings. The number of ether oxygens (including phenoxy) is 1. The SMILES string of the molecule is COCC1=CCN(c2cc(N)ccn2)CC1. The van der Waals surface area contributed by atoms with E-state index in [2.05, 4.69) is 16.0 Å². The molecule has 0 bridgehead atoms. The fraction of sp³-hybridized carbons (Fsp3) is 0.417. The lowest BCUT2D eigenvalue weighted by molar-refractivity contribution is 0.222. The molecule has 0 aliphatic carbocycles. The second kappa shape index (κ2) is 4.99. The van der Waals surface area contributed by atoms with Gasteiger partial charge in [-0.15, -0.1) is 0 Å². The molecule has 86 valence electrons. The zero-order valence-corrected chi connectivity index (χ0v) is 9.52. The van der Waals surface area contributed by atoms with Gasteiger partial charge in [-0.05, 0) is 18.1 Å². The number of nitrogen functional groups attached to an aromatic ring is 1. The monoisotopic (exact) mass is 219 g/mol. The van der Waals surface area contributed by atoms with Gasteiger partial charge in [0, 0.05) is 38.1 Å². The van der Waals surface area contributed by atoms with Crippen LogP contribution in [0.1, 0.15) is 6.42 Å². The average molecular weight is 219 g/mol. The molecule has 0 radical (unpaired) electrons. The van der Waals surface area contributed by atoms with Crippen molar-refractivity contribution in [1.82, 2.24) is 4.98 Å². The van der Waals surface area contributed by atoms with Gasteiger partial charge in [-0.1, -0.05) is 6.08 Å². The Morgan fingerprint density at radius 1 is 1.56 bits per heavy atom. The van der Waals surface area contributed by atoms with Crippen molar-refractivity contribution in [1.29, 1.82) is 0 Å². The number of anilines is 2. The van der Waals surface area contributed by atoms with Gasteiger partial charge in [-0.25, -0.2) is 4.98 Å². The third-order valence-electron chi connectivity index (χ3n) is 2.73. The molecule has 1 aromatic heterocycles. The lowest BCUT2D eigenvalue weighted by Gasteiger charge is -2.27. The van der Waals surface area contributed by atoms with E-state index < -0.39 is 0 Å². The Morgan fingerprint density at radius 2 is 2.44 bits per heavy atom. The van der Waals surface area contributed by atoms with Crippen LogP contribution in [0.3, 0.4) is 0 Å². The van der Waals surface area contributed by atoms with Crippen LogP contribution in [0.4, 0.5) is 11.5 Å². The molecule has 4 heteroatoms. The highest BCUT2D eigenvalue weighted by molar-refractivity contribution is 5.51. The molecule has 1 aliphatic rings. The smallest absolute Gasteiger partial charge is 0.130 e. The minimum atomic E-state index is 0.734. The van der Waals surface area contributed by atoms with Gasteiger partial charge in [0.25, 0.3) is 0 Å². The highest BCUT2D eigenvalue weighted by Gasteiger charge is 2.12. The van der Waals surface area contributed by atoms with Gasteiger partial charge in [0.15, 0.2) is 0 Å². The summed E-state index contributed by atoms with van der Waals surface area (Å²) in [6, 6.07) is 3.72. The molecule has 1 aromatic rings. The van der Waals surface area contributed by atoms with Crippen LogP contribution in [0.25, 0.3) is 0 Å². The van der Waals surface area contributed by atoms with Crippen LogP contribution in [0.2, 0.25) is 0 Å². The van der Waals surface area contributed by atoms with Crippen LogP contribution in [0, 0.1) is 0 Å². The maximum Gasteiger partial charge on any atom is 0.130 e. The van der Waals surface area contributed by atoms with Gasteiger partial charge in [0.1, 0.15) is 5.82 Å². The molecule has 2 heterocycles. The summed E-state index contributed by atoms with van der Waals surface area (Å²) >= 11 is 0. The van der Waals surface area contributed by atoms with Crippen molar-refractivity contribution in [2.24, 2.45) is 0 Å². The van der Waals surface area contributed by atoms with Gasteiger partial charge >= 0.3 is 0 Å². The first-order chi connectivity index (χ1) is 7.79. The zero-order valence-electron chi connectivity index (χ0n) is 9.52. The van der Waals surface area contributed by atoms with Crippen molar-refractivity contribution in [3.8, 4) is 0 Å². The largest absolute Gasteiger partial charge is 0.399 e. The van der Waals surface area contributed by atoms with Crippen LogP contribution >= 0.6 is 0 Å². The second-order valence-electron chi connectivity index (χ2n) is 3.94. The van der Waals surface area contributed by atoms with Crippen molar-refractivity contribution in [2.45, 2.75) is 6.42 Å².